The van der Waals surface area contributed by atoms with Crippen LogP contribution >= 0.6 is 0 Å². The van der Waals surface area contributed by atoms with Crippen LogP contribution in [0.2, 0.25) is 0 Å². The van der Waals surface area contributed by atoms with E-state index in [1.165, 1.54) is 19.2 Å². The van der Waals surface area contributed by atoms with E-state index in [0.29, 0.717) is 5.56 Å². The third-order valence-corrected chi connectivity index (χ3v) is 4.73. The van der Waals surface area contributed by atoms with Crippen molar-refractivity contribution in [3.63, 3.8) is 0 Å². The second kappa shape index (κ2) is 5.65. The molecule has 1 aliphatic carbocycles. The predicted molar refractivity (Wildman–Crippen MR) is 78.5 cm³/mol. The van der Waals surface area contributed by atoms with Crippen LogP contribution in [0.3, 0.4) is 0 Å². The van der Waals surface area contributed by atoms with Gasteiger partial charge in [-0.25, -0.2) is 13.6 Å². The number of ether oxygens (including phenoxy) is 1. The Hall–Kier alpha value is -1.60. The number of nitrogens with one attached hydrogen (secondary N) is 1. The fourth-order valence-electron chi connectivity index (χ4n) is 2.45. The molecule has 116 valence electrons. The summed E-state index contributed by atoms with van der Waals surface area (Å²) < 4.78 is 28.0. The number of sulfonamides is 1. The molecule has 3 N–H and O–H groups in total. The zero-order valence-electron chi connectivity index (χ0n) is 12.2. The van der Waals surface area contributed by atoms with Crippen LogP contribution in [0.25, 0.3) is 0 Å². The van der Waals surface area contributed by atoms with Gasteiger partial charge in [0.2, 0.25) is 15.9 Å². The molecule has 0 bridgehead atoms. The number of carbonyl (C=O) groups excluding carboxylic acids is 1. The van der Waals surface area contributed by atoms with Crippen molar-refractivity contribution in [3.05, 3.63) is 23.8 Å². The smallest absolute Gasteiger partial charge is 0.241 e. The summed E-state index contributed by atoms with van der Waals surface area (Å²) in [5.74, 6) is 0.0512. The van der Waals surface area contributed by atoms with Gasteiger partial charge in [-0.1, -0.05) is 6.07 Å². The first-order chi connectivity index (χ1) is 9.73. The molecule has 1 aliphatic rings. The summed E-state index contributed by atoms with van der Waals surface area (Å²) in [5, 5.41) is 8.13. The Morgan fingerprint density at radius 3 is 2.57 bits per heavy atom. The van der Waals surface area contributed by atoms with E-state index in [1.807, 2.05) is 6.92 Å². The minimum Gasteiger partial charge on any atom is -0.495 e. The molecule has 2 rings (SSSR count). The molecule has 0 radical (unpaired) electrons. The topological polar surface area (TPSA) is 98.5 Å². The van der Waals surface area contributed by atoms with Crippen LogP contribution in [-0.4, -0.2) is 27.0 Å². The van der Waals surface area contributed by atoms with Gasteiger partial charge in [-0.15, -0.1) is 0 Å². The fraction of sp³-hybridized carbons (Fsp3) is 0.500. The largest absolute Gasteiger partial charge is 0.495 e. The highest BCUT2D eigenvalue weighted by Crippen LogP contribution is 2.31. The number of amides is 1. The minimum atomic E-state index is -3.89. The number of rotatable bonds is 5. The number of benzene rings is 1. The molecule has 0 spiro atoms. The van der Waals surface area contributed by atoms with Crippen molar-refractivity contribution in [3.8, 4) is 5.75 Å². The Morgan fingerprint density at radius 2 is 2.10 bits per heavy atom. The number of methoxy groups -OCH3 is 1. The second-order valence-corrected chi connectivity index (χ2v) is 7.20. The van der Waals surface area contributed by atoms with Gasteiger partial charge < -0.3 is 10.1 Å². The van der Waals surface area contributed by atoms with Crippen molar-refractivity contribution in [2.75, 3.05) is 7.11 Å². The average molecular weight is 312 g/mol. The number of carbonyl (C=O) groups is 1. The van der Waals surface area contributed by atoms with E-state index in [0.717, 1.165) is 19.3 Å². The molecule has 0 heterocycles. The second-order valence-electron chi connectivity index (χ2n) is 5.67. The lowest BCUT2D eigenvalue weighted by Crippen LogP contribution is -2.51. The number of hydrogen-bond acceptors (Lipinski definition) is 4. The SMILES string of the molecule is COc1ccc(CC(=O)NC2(C)CCC2)cc1S(N)(=O)=O. The van der Waals surface area contributed by atoms with Gasteiger partial charge in [-0.05, 0) is 43.9 Å². The molecule has 7 heteroatoms. The van der Waals surface area contributed by atoms with Gasteiger partial charge in [0.05, 0.1) is 13.5 Å². The summed E-state index contributed by atoms with van der Waals surface area (Å²) in [5.41, 5.74) is 0.465. The van der Waals surface area contributed by atoms with Crippen LogP contribution in [-0.2, 0) is 21.2 Å². The van der Waals surface area contributed by atoms with E-state index in [1.54, 1.807) is 6.07 Å². The average Bonchev–Trinajstić information content (AvgIpc) is 2.35. The molecule has 6 nitrogen and oxygen atoms in total. The molecule has 1 aromatic rings. The number of nitrogens with two attached hydrogens (primary N) is 1. The Bertz CT molecular complexity index is 651. The highest BCUT2D eigenvalue weighted by Gasteiger charge is 2.33. The van der Waals surface area contributed by atoms with E-state index in [2.05, 4.69) is 5.32 Å². The molecule has 0 aromatic heterocycles. The summed E-state index contributed by atoms with van der Waals surface area (Å²) in [4.78, 5) is 11.9. The molecule has 0 saturated heterocycles. The lowest BCUT2D eigenvalue weighted by molar-refractivity contribution is -0.123. The van der Waals surface area contributed by atoms with Crippen LogP contribution in [0, 0.1) is 0 Å². The first-order valence-corrected chi connectivity index (χ1v) is 8.29. The molecule has 1 saturated carbocycles. The summed E-state index contributed by atoms with van der Waals surface area (Å²) >= 11 is 0. The lowest BCUT2D eigenvalue weighted by atomic mass is 9.78. The maximum atomic E-state index is 12.0. The van der Waals surface area contributed by atoms with E-state index in [4.69, 9.17) is 9.88 Å². The molecular weight excluding hydrogens is 292 g/mol. The first kappa shape index (κ1) is 15.8. The van der Waals surface area contributed by atoms with Crippen molar-refractivity contribution in [2.24, 2.45) is 5.14 Å². The Balaban J connectivity index is 2.15. The van der Waals surface area contributed by atoms with Gasteiger partial charge in [0.25, 0.3) is 0 Å². The van der Waals surface area contributed by atoms with Gasteiger partial charge in [-0.2, -0.15) is 0 Å². The summed E-state index contributed by atoms with van der Waals surface area (Å²) in [6.45, 7) is 2.01. The molecule has 1 aromatic carbocycles. The normalized spacial score (nSPS) is 16.9. The Morgan fingerprint density at radius 1 is 1.43 bits per heavy atom. The van der Waals surface area contributed by atoms with Gasteiger partial charge in [0.1, 0.15) is 10.6 Å². The van der Waals surface area contributed by atoms with Gasteiger partial charge in [-0.3, -0.25) is 4.79 Å². The molecule has 21 heavy (non-hydrogen) atoms. The predicted octanol–water partition coefficient (Wildman–Crippen LogP) is 0.944. The van der Waals surface area contributed by atoms with Crippen molar-refractivity contribution < 1.29 is 17.9 Å². The zero-order chi connectivity index (χ0) is 15.7. The Kier molecular flexibility index (Phi) is 4.25. The molecule has 0 aliphatic heterocycles. The fourth-order valence-corrected chi connectivity index (χ4v) is 3.20. The van der Waals surface area contributed by atoms with Crippen molar-refractivity contribution in [2.45, 2.75) is 43.0 Å². The van der Waals surface area contributed by atoms with Crippen molar-refractivity contribution in [1.82, 2.24) is 5.32 Å². The standard InChI is InChI=1S/C14H20N2O4S/c1-14(6-3-7-14)16-13(17)9-10-4-5-11(20-2)12(8-10)21(15,18)19/h4-5,8H,3,6-7,9H2,1-2H3,(H,16,17)(H2,15,18,19). The molecule has 1 amide bonds. The number of primary sulfonamides is 1. The summed E-state index contributed by atoms with van der Waals surface area (Å²) in [6.07, 6.45) is 3.19. The highest BCUT2D eigenvalue weighted by atomic mass is 32.2. The van der Waals surface area contributed by atoms with Crippen LogP contribution in [0.4, 0.5) is 0 Å². The van der Waals surface area contributed by atoms with E-state index >= 15 is 0 Å². The van der Waals surface area contributed by atoms with E-state index < -0.39 is 10.0 Å². The maximum Gasteiger partial charge on any atom is 0.241 e. The highest BCUT2D eigenvalue weighted by molar-refractivity contribution is 7.89. The quantitative estimate of drug-likeness (QED) is 0.845. The van der Waals surface area contributed by atoms with Crippen molar-refractivity contribution in [1.29, 1.82) is 0 Å². The summed E-state index contributed by atoms with van der Waals surface area (Å²) in [7, 11) is -2.52. The van der Waals surface area contributed by atoms with E-state index in [9.17, 15) is 13.2 Å². The molecule has 0 unspecified atom stereocenters. The molecule has 1 fully saturated rings. The van der Waals surface area contributed by atoms with Gasteiger partial charge in [0, 0.05) is 5.54 Å². The van der Waals surface area contributed by atoms with Crippen molar-refractivity contribution >= 4 is 15.9 Å². The molecule has 0 atom stereocenters. The van der Waals surface area contributed by atoms with Gasteiger partial charge >= 0.3 is 0 Å². The number of hydrogen-bond donors (Lipinski definition) is 2. The van der Waals surface area contributed by atoms with Crippen LogP contribution in [0.15, 0.2) is 23.1 Å². The monoisotopic (exact) mass is 312 g/mol. The van der Waals surface area contributed by atoms with E-state index in [-0.39, 0.29) is 28.5 Å². The third-order valence-electron chi connectivity index (χ3n) is 3.80. The van der Waals surface area contributed by atoms with Crippen LogP contribution < -0.4 is 15.2 Å². The van der Waals surface area contributed by atoms with Crippen LogP contribution in [0.5, 0.6) is 5.75 Å². The van der Waals surface area contributed by atoms with Crippen LogP contribution in [0.1, 0.15) is 31.7 Å². The Labute approximate surface area is 124 Å². The minimum absolute atomic E-state index is 0.106. The maximum absolute atomic E-state index is 12.0. The zero-order valence-corrected chi connectivity index (χ0v) is 13.0. The third kappa shape index (κ3) is 3.74. The molecular formula is C14H20N2O4S. The van der Waals surface area contributed by atoms with Gasteiger partial charge in [0.15, 0.2) is 0 Å². The first-order valence-electron chi connectivity index (χ1n) is 6.74. The lowest BCUT2D eigenvalue weighted by Gasteiger charge is -2.39. The summed E-state index contributed by atoms with van der Waals surface area (Å²) in [6, 6.07) is 4.56.